The van der Waals surface area contributed by atoms with Gasteiger partial charge in [0.2, 0.25) is 0 Å². The molecule has 0 aliphatic carbocycles. The molecule has 0 aliphatic heterocycles. The van der Waals surface area contributed by atoms with E-state index in [1.54, 1.807) is 12.1 Å². The van der Waals surface area contributed by atoms with Gasteiger partial charge in [-0.2, -0.15) is 13.2 Å². The molecule has 2 unspecified atom stereocenters. The Morgan fingerprint density at radius 1 is 1.47 bits per heavy atom. The van der Waals surface area contributed by atoms with Crippen molar-refractivity contribution < 1.29 is 13.2 Å². The summed E-state index contributed by atoms with van der Waals surface area (Å²) in [6.07, 6.45) is -4.33. The molecule has 1 rings (SSSR count). The van der Waals surface area contributed by atoms with Crippen LogP contribution in [-0.4, -0.2) is 30.2 Å². The Hall–Kier alpha value is -0.300. The van der Waals surface area contributed by atoms with Gasteiger partial charge in [0.1, 0.15) is 6.04 Å². The number of thiophene rings is 1. The van der Waals surface area contributed by atoms with Gasteiger partial charge in [0, 0.05) is 17.5 Å². The van der Waals surface area contributed by atoms with E-state index < -0.39 is 18.3 Å². The molecular weight excluding hydrogens is 273 g/mol. The van der Waals surface area contributed by atoms with E-state index in [1.807, 2.05) is 0 Å². The van der Waals surface area contributed by atoms with Crippen LogP contribution in [-0.2, 0) is 6.54 Å². The Morgan fingerprint density at radius 2 is 2.06 bits per heavy atom. The van der Waals surface area contributed by atoms with Crippen molar-refractivity contribution in [2.75, 3.05) is 7.05 Å². The van der Waals surface area contributed by atoms with E-state index in [2.05, 4.69) is 0 Å². The first-order valence-electron chi connectivity index (χ1n) is 4.98. The first-order valence-corrected chi connectivity index (χ1v) is 6.18. The standard InChI is InChI=1S/C10H14ClF3N2S/c1-6(15)9(10(12,13)14)16(2)5-7-3-4-8(11)17-7/h3-4,6,9H,5,15H2,1-2H3. The Kier molecular flexibility index (Phi) is 4.83. The summed E-state index contributed by atoms with van der Waals surface area (Å²) in [5.41, 5.74) is 5.40. The zero-order valence-corrected chi connectivity index (χ0v) is 11.0. The highest BCUT2D eigenvalue weighted by atomic mass is 35.5. The quantitative estimate of drug-likeness (QED) is 0.921. The first kappa shape index (κ1) is 14.8. The van der Waals surface area contributed by atoms with Crippen LogP contribution in [0.3, 0.4) is 0 Å². The number of alkyl halides is 3. The SMILES string of the molecule is CC(N)C(N(C)Cc1ccc(Cl)s1)C(F)(F)F. The predicted octanol–water partition coefficient (Wildman–Crippen LogP) is 3.11. The molecule has 2 nitrogen and oxygen atoms in total. The summed E-state index contributed by atoms with van der Waals surface area (Å²) in [4.78, 5) is 1.99. The second-order valence-electron chi connectivity index (χ2n) is 3.97. The van der Waals surface area contributed by atoms with Crippen molar-refractivity contribution >= 4 is 22.9 Å². The van der Waals surface area contributed by atoms with Crippen molar-refractivity contribution in [2.24, 2.45) is 5.73 Å². The minimum atomic E-state index is -4.33. The van der Waals surface area contributed by atoms with Gasteiger partial charge in [0.15, 0.2) is 0 Å². The van der Waals surface area contributed by atoms with Gasteiger partial charge in [-0.15, -0.1) is 11.3 Å². The topological polar surface area (TPSA) is 29.3 Å². The number of rotatable bonds is 4. The molecule has 0 spiro atoms. The molecule has 1 aromatic rings. The maximum atomic E-state index is 12.8. The first-order chi connectivity index (χ1) is 7.71. The Balaban J connectivity index is 2.76. The molecule has 0 aliphatic rings. The lowest BCUT2D eigenvalue weighted by atomic mass is 10.1. The molecule has 0 radical (unpaired) electrons. The normalized spacial score (nSPS) is 16.2. The largest absolute Gasteiger partial charge is 0.405 e. The summed E-state index contributed by atoms with van der Waals surface area (Å²) in [6, 6.07) is 0.765. The van der Waals surface area contributed by atoms with Crippen molar-refractivity contribution in [1.82, 2.24) is 4.90 Å². The van der Waals surface area contributed by atoms with Gasteiger partial charge in [-0.05, 0) is 26.1 Å². The molecule has 17 heavy (non-hydrogen) atoms. The molecule has 0 saturated heterocycles. The van der Waals surface area contributed by atoms with Crippen LogP contribution in [0.5, 0.6) is 0 Å². The van der Waals surface area contributed by atoms with Gasteiger partial charge in [0.05, 0.1) is 4.34 Å². The van der Waals surface area contributed by atoms with Gasteiger partial charge in [-0.1, -0.05) is 11.6 Å². The molecular formula is C10H14ClF3N2S. The van der Waals surface area contributed by atoms with Crippen LogP contribution in [0.15, 0.2) is 12.1 Å². The summed E-state index contributed by atoms with van der Waals surface area (Å²) in [5.74, 6) is 0. The van der Waals surface area contributed by atoms with E-state index in [9.17, 15) is 13.2 Å². The van der Waals surface area contributed by atoms with Crippen LogP contribution in [0, 0.1) is 0 Å². The Morgan fingerprint density at radius 3 is 2.41 bits per heavy atom. The fourth-order valence-electron chi connectivity index (χ4n) is 1.73. The van der Waals surface area contributed by atoms with Gasteiger partial charge in [-0.25, -0.2) is 0 Å². The van der Waals surface area contributed by atoms with Crippen molar-refractivity contribution in [3.05, 3.63) is 21.3 Å². The predicted molar refractivity (Wildman–Crippen MR) is 64.3 cm³/mol. The molecule has 0 fully saturated rings. The highest BCUT2D eigenvalue weighted by Crippen LogP contribution is 2.29. The lowest BCUT2D eigenvalue weighted by Crippen LogP contribution is -2.53. The number of hydrogen-bond donors (Lipinski definition) is 1. The molecule has 98 valence electrons. The molecule has 0 bridgehead atoms. The van der Waals surface area contributed by atoms with Gasteiger partial charge < -0.3 is 5.73 Å². The smallest absolute Gasteiger partial charge is 0.326 e. The minimum Gasteiger partial charge on any atom is -0.326 e. The number of hydrogen-bond acceptors (Lipinski definition) is 3. The van der Waals surface area contributed by atoms with Crippen LogP contribution < -0.4 is 5.73 Å². The maximum absolute atomic E-state index is 12.8. The van der Waals surface area contributed by atoms with E-state index in [1.165, 1.54) is 30.2 Å². The molecule has 1 heterocycles. The Bertz CT molecular complexity index is 365. The van der Waals surface area contributed by atoms with Crippen molar-refractivity contribution in [1.29, 1.82) is 0 Å². The van der Waals surface area contributed by atoms with Gasteiger partial charge in [0.25, 0.3) is 0 Å². The molecule has 0 saturated carbocycles. The Labute approximate surface area is 107 Å². The van der Waals surface area contributed by atoms with E-state index in [-0.39, 0.29) is 6.54 Å². The van der Waals surface area contributed by atoms with Crippen LogP contribution >= 0.6 is 22.9 Å². The van der Waals surface area contributed by atoms with Crippen LogP contribution in [0.25, 0.3) is 0 Å². The maximum Gasteiger partial charge on any atom is 0.405 e. The van der Waals surface area contributed by atoms with E-state index in [0.29, 0.717) is 4.34 Å². The fourth-order valence-corrected chi connectivity index (χ4v) is 2.88. The summed E-state index contributed by atoms with van der Waals surface area (Å²) < 4.78 is 38.9. The number of nitrogens with zero attached hydrogens (tertiary/aromatic N) is 1. The number of nitrogens with two attached hydrogens (primary N) is 1. The van der Waals surface area contributed by atoms with Crippen LogP contribution in [0.2, 0.25) is 4.34 Å². The van der Waals surface area contributed by atoms with E-state index in [4.69, 9.17) is 17.3 Å². The third kappa shape index (κ3) is 4.13. The van der Waals surface area contributed by atoms with Crippen molar-refractivity contribution in [3.63, 3.8) is 0 Å². The van der Waals surface area contributed by atoms with Crippen molar-refractivity contribution in [3.8, 4) is 0 Å². The van der Waals surface area contributed by atoms with E-state index in [0.717, 1.165) is 4.88 Å². The number of likely N-dealkylation sites (N-methyl/N-ethyl adjacent to an activating group) is 1. The van der Waals surface area contributed by atoms with Crippen LogP contribution in [0.4, 0.5) is 13.2 Å². The van der Waals surface area contributed by atoms with E-state index >= 15 is 0 Å². The summed E-state index contributed by atoms with van der Waals surface area (Å²) in [6.45, 7) is 1.54. The molecule has 0 aromatic carbocycles. The molecule has 2 atom stereocenters. The second-order valence-corrected chi connectivity index (χ2v) is 5.77. The lowest BCUT2D eigenvalue weighted by Gasteiger charge is -2.32. The zero-order valence-electron chi connectivity index (χ0n) is 9.46. The summed E-state index contributed by atoms with van der Waals surface area (Å²) in [5, 5.41) is 0. The van der Waals surface area contributed by atoms with Crippen molar-refractivity contribution in [2.45, 2.75) is 31.7 Å². The van der Waals surface area contributed by atoms with Gasteiger partial charge in [-0.3, -0.25) is 4.90 Å². The van der Waals surface area contributed by atoms with Gasteiger partial charge >= 0.3 is 6.18 Å². The third-order valence-corrected chi connectivity index (χ3v) is 3.56. The lowest BCUT2D eigenvalue weighted by molar-refractivity contribution is -0.185. The van der Waals surface area contributed by atoms with Crippen LogP contribution in [0.1, 0.15) is 11.8 Å². The monoisotopic (exact) mass is 286 g/mol. The average molecular weight is 287 g/mol. The average Bonchev–Trinajstić information content (AvgIpc) is 2.46. The molecule has 0 amide bonds. The minimum absolute atomic E-state index is 0.184. The summed E-state index contributed by atoms with van der Waals surface area (Å²) >= 11 is 7.00. The summed E-state index contributed by atoms with van der Waals surface area (Å²) in [7, 11) is 1.41. The third-order valence-electron chi connectivity index (χ3n) is 2.34. The molecule has 2 N–H and O–H groups in total. The zero-order chi connectivity index (χ0) is 13.2. The molecule has 7 heteroatoms. The number of halogens is 4. The second kappa shape index (κ2) is 5.56. The highest BCUT2D eigenvalue weighted by molar-refractivity contribution is 7.16. The molecule has 1 aromatic heterocycles. The fraction of sp³-hybridized carbons (Fsp3) is 0.600. The highest BCUT2D eigenvalue weighted by Gasteiger charge is 2.44.